The van der Waals surface area contributed by atoms with E-state index in [1.54, 1.807) is 0 Å². The third-order valence-electron chi connectivity index (χ3n) is 2.92. The highest BCUT2D eigenvalue weighted by Gasteiger charge is 2.17. The van der Waals surface area contributed by atoms with Crippen molar-refractivity contribution in [1.82, 2.24) is 0 Å². The van der Waals surface area contributed by atoms with E-state index in [9.17, 15) is 0 Å². The third kappa shape index (κ3) is 2.70. The first-order valence-electron chi connectivity index (χ1n) is 5.66. The van der Waals surface area contributed by atoms with Gasteiger partial charge in [0.05, 0.1) is 6.00 Å². The van der Waals surface area contributed by atoms with Crippen LogP contribution < -0.4 is 4.90 Å². The van der Waals surface area contributed by atoms with Crippen molar-refractivity contribution in [2.45, 2.75) is 40.0 Å². The Morgan fingerprint density at radius 2 is 1.56 bits per heavy atom. The van der Waals surface area contributed by atoms with Gasteiger partial charge in [0.15, 0.2) is 0 Å². The molecule has 1 nitrogen and oxygen atoms in total. The molecule has 0 bridgehead atoms. The van der Waals surface area contributed by atoms with Gasteiger partial charge in [-0.1, -0.05) is 32.9 Å². The van der Waals surface area contributed by atoms with Crippen molar-refractivity contribution in [2.24, 2.45) is 0 Å². The second kappa shape index (κ2) is 4.67. The van der Waals surface area contributed by atoms with E-state index in [1.165, 1.54) is 22.4 Å². The molecule has 1 aromatic carbocycles. The van der Waals surface area contributed by atoms with Gasteiger partial charge in [-0.15, -0.1) is 11.6 Å². The van der Waals surface area contributed by atoms with Crippen LogP contribution in [-0.4, -0.2) is 13.1 Å². The minimum absolute atomic E-state index is 0.202. The number of alkyl halides is 1. The zero-order valence-corrected chi connectivity index (χ0v) is 11.9. The van der Waals surface area contributed by atoms with Crippen molar-refractivity contribution in [3.63, 3.8) is 0 Å². The maximum absolute atomic E-state index is 5.89. The summed E-state index contributed by atoms with van der Waals surface area (Å²) in [6.07, 6.45) is 0. The van der Waals surface area contributed by atoms with E-state index in [0.29, 0.717) is 6.00 Å². The lowest BCUT2D eigenvalue weighted by Gasteiger charge is -2.26. The summed E-state index contributed by atoms with van der Waals surface area (Å²) < 4.78 is 0. The Bertz CT molecular complexity index is 354. The average Bonchev–Trinajstić information content (AvgIpc) is 2.14. The van der Waals surface area contributed by atoms with Gasteiger partial charge in [-0.3, -0.25) is 0 Å². The van der Waals surface area contributed by atoms with Crippen LogP contribution in [-0.2, 0) is 5.41 Å². The molecule has 0 atom stereocenters. The van der Waals surface area contributed by atoms with E-state index >= 15 is 0 Å². The van der Waals surface area contributed by atoms with E-state index in [1.807, 2.05) is 7.05 Å². The lowest BCUT2D eigenvalue weighted by atomic mass is 9.84. The minimum Gasteiger partial charge on any atom is -0.360 e. The van der Waals surface area contributed by atoms with Gasteiger partial charge in [-0.05, 0) is 36.0 Å². The smallest absolute Gasteiger partial charge is 0.0925 e. The third-order valence-corrected chi connectivity index (χ3v) is 3.28. The molecule has 0 saturated carbocycles. The fraction of sp³-hybridized carbons (Fsp3) is 0.571. The lowest BCUT2D eigenvalue weighted by molar-refractivity contribution is 0.589. The molecular weight excluding hydrogens is 218 g/mol. The van der Waals surface area contributed by atoms with Crippen LogP contribution >= 0.6 is 11.6 Å². The molecule has 0 N–H and O–H groups in total. The molecule has 0 heterocycles. The average molecular weight is 240 g/mol. The van der Waals surface area contributed by atoms with Crippen LogP contribution in [0.2, 0.25) is 0 Å². The number of aryl methyl sites for hydroxylation is 2. The van der Waals surface area contributed by atoms with Gasteiger partial charge in [0.1, 0.15) is 0 Å². The highest BCUT2D eigenvalue weighted by atomic mass is 35.5. The van der Waals surface area contributed by atoms with Crippen LogP contribution in [0.25, 0.3) is 0 Å². The summed E-state index contributed by atoms with van der Waals surface area (Å²) >= 11 is 5.89. The molecular formula is C14H22ClN. The Morgan fingerprint density at radius 3 is 1.88 bits per heavy atom. The molecule has 0 saturated heterocycles. The predicted molar refractivity (Wildman–Crippen MR) is 73.7 cm³/mol. The molecule has 0 fully saturated rings. The van der Waals surface area contributed by atoms with Crippen molar-refractivity contribution in [1.29, 1.82) is 0 Å². The van der Waals surface area contributed by atoms with Crippen LogP contribution in [0.1, 0.15) is 37.5 Å². The summed E-state index contributed by atoms with van der Waals surface area (Å²) in [5.74, 6) is 0. The monoisotopic (exact) mass is 239 g/mol. The van der Waals surface area contributed by atoms with Crippen molar-refractivity contribution in [2.75, 3.05) is 18.0 Å². The second-order valence-electron chi connectivity index (χ2n) is 5.53. The van der Waals surface area contributed by atoms with Gasteiger partial charge >= 0.3 is 0 Å². The predicted octanol–water partition coefficient (Wildman–Crippen LogP) is 4.23. The molecule has 0 amide bonds. The van der Waals surface area contributed by atoms with Crippen molar-refractivity contribution >= 4 is 17.3 Å². The number of rotatable bonds is 2. The normalized spacial score (nSPS) is 11.7. The van der Waals surface area contributed by atoms with Crippen LogP contribution in [0.15, 0.2) is 12.1 Å². The topological polar surface area (TPSA) is 3.24 Å². The van der Waals surface area contributed by atoms with Crippen LogP contribution in [0.4, 0.5) is 5.69 Å². The van der Waals surface area contributed by atoms with Crippen LogP contribution in [0, 0.1) is 13.8 Å². The molecule has 0 radical (unpaired) electrons. The van der Waals surface area contributed by atoms with Crippen molar-refractivity contribution in [3.8, 4) is 0 Å². The van der Waals surface area contributed by atoms with Crippen molar-refractivity contribution in [3.05, 3.63) is 28.8 Å². The summed E-state index contributed by atoms with van der Waals surface area (Å²) in [5.41, 5.74) is 5.44. The van der Waals surface area contributed by atoms with E-state index in [0.717, 1.165) is 0 Å². The molecule has 0 aromatic heterocycles. The van der Waals surface area contributed by atoms with E-state index in [-0.39, 0.29) is 5.41 Å². The number of halogens is 1. The van der Waals surface area contributed by atoms with Gasteiger partial charge in [-0.2, -0.15) is 0 Å². The molecule has 0 unspecified atom stereocenters. The number of benzene rings is 1. The van der Waals surface area contributed by atoms with Gasteiger partial charge in [0.25, 0.3) is 0 Å². The van der Waals surface area contributed by atoms with Gasteiger partial charge < -0.3 is 4.90 Å². The van der Waals surface area contributed by atoms with E-state index in [4.69, 9.17) is 11.6 Å². The van der Waals surface area contributed by atoms with Crippen LogP contribution in [0.3, 0.4) is 0 Å². The van der Waals surface area contributed by atoms with E-state index < -0.39 is 0 Å². The summed E-state index contributed by atoms with van der Waals surface area (Å²) in [5, 5.41) is 0. The van der Waals surface area contributed by atoms with Gasteiger partial charge in [0.2, 0.25) is 0 Å². The highest BCUT2D eigenvalue weighted by Crippen LogP contribution is 2.31. The molecule has 90 valence electrons. The maximum Gasteiger partial charge on any atom is 0.0925 e. The van der Waals surface area contributed by atoms with Crippen molar-refractivity contribution < 1.29 is 0 Å². The largest absolute Gasteiger partial charge is 0.360 e. The molecule has 0 spiro atoms. The fourth-order valence-corrected chi connectivity index (χ4v) is 2.17. The molecule has 16 heavy (non-hydrogen) atoms. The quantitative estimate of drug-likeness (QED) is 0.551. The first-order chi connectivity index (χ1) is 7.27. The molecule has 1 rings (SSSR count). The van der Waals surface area contributed by atoms with E-state index in [2.05, 4.69) is 51.7 Å². The molecule has 0 aliphatic heterocycles. The summed E-state index contributed by atoms with van der Waals surface area (Å²) in [7, 11) is 2.03. The number of hydrogen-bond donors (Lipinski definition) is 0. The molecule has 2 heteroatoms. The zero-order chi connectivity index (χ0) is 12.5. The minimum atomic E-state index is 0.202. The Balaban J connectivity index is 3.28. The standard InChI is InChI=1S/C14H22ClN/c1-10-7-12(14(3,4)5)8-11(2)13(10)16(6)9-15/h7-8H,9H2,1-6H3. The Hall–Kier alpha value is -0.690. The zero-order valence-electron chi connectivity index (χ0n) is 11.2. The second-order valence-corrected chi connectivity index (χ2v) is 5.77. The molecule has 1 aromatic rings. The number of anilines is 1. The summed E-state index contributed by atoms with van der Waals surface area (Å²) in [6, 6.07) is 5.06. The Morgan fingerprint density at radius 1 is 1.12 bits per heavy atom. The Kier molecular flexibility index (Phi) is 3.90. The molecule has 0 aliphatic rings. The number of nitrogens with zero attached hydrogens (tertiary/aromatic N) is 1. The lowest BCUT2D eigenvalue weighted by Crippen LogP contribution is -2.18. The fourth-order valence-electron chi connectivity index (χ4n) is 2.05. The molecule has 0 aliphatic carbocycles. The summed E-state index contributed by atoms with van der Waals surface area (Å²) in [6.45, 7) is 11.0. The number of hydrogen-bond acceptors (Lipinski definition) is 1. The SMILES string of the molecule is Cc1cc(C(C)(C)C)cc(C)c1N(C)CCl. The van der Waals surface area contributed by atoms with Crippen LogP contribution in [0.5, 0.6) is 0 Å². The first-order valence-corrected chi connectivity index (χ1v) is 6.19. The van der Waals surface area contributed by atoms with Gasteiger partial charge in [0, 0.05) is 12.7 Å². The maximum atomic E-state index is 5.89. The van der Waals surface area contributed by atoms with Gasteiger partial charge in [-0.25, -0.2) is 0 Å². The summed E-state index contributed by atoms with van der Waals surface area (Å²) in [4.78, 5) is 2.08. The Labute approximate surface area is 104 Å². The highest BCUT2D eigenvalue weighted by molar-refractivity contribution is 6.19. The first kappa shape index (κ1) is 13.4.